The van der Waals surface area contributed by atoms with Crippen LogP contribution in [0.3, 0.4) is 0 Å². The number of nitrogens with zero attached hydrogens (tertiary/aromatic N) is 4. The lowest BCUT2D eigenvalue weighted by molar-refractivity contribution is 0.244. The van der Waals surface area contributed by atoms with Gasteiger partial charge in [-0.05, 0) is 55.5 Å². The van der Waals surface area contributed by atoms with Crippen molar-refractivity contribution in [1.29, 1.82) is 0 Å². The fourth-order valence-electron chi connectivity index (χ4n) is 3.74. The van der Waals surface area contributed by atoms with Gasteiger partial charge < -0.3 is 16.4 Å². The zero-order chi connectivity index (χ0) is 19.5. The lowest BCUT2D eigenvalue weighted by Crippen LogP contribution is -2.57. The van der Waals surface area contributed by atoms with Crippen LogP contribution in [0.4, 0.5) is 16.3 Å². The van der Waals surface area contributed by atoms with Gasteiger partial charge in [0.1, 0.15) is 5.82 Å². The van der Waals surface area contributed by atoms with Gasteiger partial charge in [-0.3, -0.25) is 15.2 Å². The maximum Gasteiger partial charge on any atom is 0.328 e. The number of carbonyl (C=O) groups excluding carboxylic acids is 1. The normalized spacial score (nSPS) is 18.9. The maximum atomic E-state index is 13.1. The molecule has 144 valence electrons. The molecule has 4 rings (SSSR count). The number of hydrogen-bond acceptors (Lipinski definition) is 6. The third-order valence-corrected chi connectivity index (χ3v) is 5.00. The van der Waals surface area contributed by atoms with E-state index in [1.54, 1.807) is 29.4 Å². The molecule has 1 saturated heterocycles. The van der Waals surface area contributed by atoms with Crippen molar-refractivity contribution in [2.75, 3.05) is 22.9 Å². The first-order chi connectivity index (χ1) is 13.7. The minimum Gasteiger partial charge on any atom is -0.405 e. The third-order valence-electron chi connectivity index (χ3n) is 5.00. The highest BCUT2D eigenvalue weighted by Crippen LogP contribution is 2.39. The van der Waals surface area contributed by atoms with E-state index in [4.69, 9.17) is 16.5 Å². The summed E-state index contributed by atoms with van der Waals surface area (Å²) in [6, 6.07) is 7.59. The van der Waals surface area contributed by atoms with E-state index in [1.807, 2.05) is 24.3 Å². The van der Waals surface area contributed by atoms with Gasteiger partial charge in [0.15, 0.2) is 5.82 Å². The molecule has 8 heteroatoms. The lowest BCUT2D eigenvalue weighted by Gasteiger charge is -2.45. The van der Waals surface area contributed by atoms with E-state index in [0.29, 0.717) is 5.82 Å². The predicted molar refractivity (Wildman–Crippen MR) is 109 cm³/mol. The van der Waals surface area contributed by atoms with Crippen molar-refractivity contribution in [3.8, 4) is 11.3 Å². The number of nitrogens with two attached hydrogens (primary N) is 2. The number of allylic oxidation sites excluding steroid dienone is 2. The van der Waals surface area contributed by atoms with Crippen molar-refractivity contribution >= 4 is 17.5 Å². The van der Waals surface area contributed by atoms with E-state index in [-0.39, 0.29) is 17.9 Å². The first kappa shape index (κ1) is 17.8. The summed E-state index contributed by atoms with van der Waals surface area (Å²) in [5.41, 5.74) is 13.9. The Bertz CT molecular complexity index is 925. The lowest BCUT2D eigenvalue weighted by atomic mass is 9.99. The van der Waals surface area contributed by atoms with Gasteiger partial charge in [-0.15, -0.1) is 0 Å². The molecule has 2 aliphatic rings. The third kappa shape index (κ3) is 3.36. The quantitative estimate of drug-likeness (QED) is 0.704. The summed E-state index contributed by atoms with van der Waals surface area (Å²) in [4.78, 5) is 26.1. The second-order valence-electron chi connectivity index (χ2n) is 6.83. The molecule has 8 nitrogen and oxygen atoms in total. The molecule has 1 atom stereocenters. The standard InChI is InChI=1S/C20H23N7O/c21-9-1-6-18(22)25-20(28)27-15-5-3-11-26(13-15)17-8-7-16(24-19(17)27)14-4-2-10-23-12-14/h1-2,4,6-10,12,15H,3,5,11,13,21-22H2,(H,25,28)/b9-1-,18-6+/t15-/m0/s1. The van der Waals surface area contributed by atoms with Crippen LogP contribution in [0.5, 0.6) is 0 Å². The summed E-state index contributed by atoms with van der Waals surface area (Å²) >= 11 is 0. The van der Waals surface area contributed by atoms with Crippen molar-refractivity contribution in [3.63, 3.8) is 0 Å². The first-order valence-corrected chi connectivity index (χ1v) is 9.28. The Morgan fingerprint density at radius 1 is 1.32 bits per heavy atom. The number of pyridine rings is 2. The smallest absolute Gasteiger partial charge is 0.328 e. The number of carbonyl (C=O) groups is 1. The average Bonchev–Trinajstić information content (AvgIpc) is 2.73. The molecular weight excluding hydrogens is 354 g/mol. The van der Waals surface area contributed by atoms with Gasteiger partial charge in [-0.1, -0.05) is 0 Å². The highest BCUT2D eigenvalue weighted by molar-refractivity contribution is 5.97. The van der Waals surface area contributed by atoms with Gasteiger partial charge in [0, 0.05) is 31.0 Å². The number of anilines is 2. The second kappa shape index (κ2) is 7.59. The highest BCUT2D eigenvalue weighted by Gasteiger charge is 2.38. The minimum absolute atomic E-state index is 0.0516. The summed E-state index contributed by atoms with van der Waals surface area (Å²) in [7, 11) is 0. The molecule has 4 heterocycles. The predicted octanol–water partition coefficient (Wildman–Crippen LogP) is 1.91. The van der Waals surface area contributed by atoms with Crippen LogP contribution < -0.4 is 26.6 Å². The van der Waals surface area contributed by atoms with Crippen LogP contribution in [0, 0.1) is 0 Å². The summed E-state index contributed by atoms with van der Waals surface area (Å²) in [6.45, 7) is 1.76. The molecule has 0 radical (unpaired) electrons. The van der Waals surface area contributed by atoms with E-state index >= 15 is 0 Å². The van der Waals surface area contributed by atoms with Gasteiger partial charge >= 0.3 is 6.03 Å². The van der Waals surface area contributed by atoms with E-state index in [0.717, 1.165) is 42.9 Å². The van der Waals surface area contributed by atoms with Crippen molar-refractivity contribution in [1.82, 2.24) is 15.3 Å². The van der Waals surface area contributed by atoms with E-state index in [2.05, 4.69) is 15.2 Å². The molecule has 0 aromatic carbocycles. The summed E-state index contributed by atoms with van der Waals surface area (Å²) in [6.07, 6.45) is 9.92. The summed E-state index contributed by atoms with van der Waals surface area (Å²) < 4.78 is 0. The van der Waals surface area contributed by atoms with Crippen LogP contribution in [-0.2, 0) is 0 Å². The Labute approximate surface area is 163 Å². The summed E-state index contributed by atoms with van der Waals surface area (Å²) in [5.74, 6) is 0.881. The molecule has 0 spiro atoms. The number of nitrogens with one attached hydrogen (secondary N) is 1. The first-order valence-electron chi connectivity index (χ1n) is 9.28. The van der Waals surface area contributed by atoms with Gasteiger partial charge in [-0.2, -0.15) is 0 Å². The van der Waals surface area contributed by atoms with Crippen molar-refractivity contribution in [2.24, 2.45) is 11.5 Å². The zero-order valence-corrected chi connectivity index (χ0v) is 15.5. The molecule has 1 fully saturated rings. The number of rotatable bonds is 3. The molecule has 0 aliphatic carbocycles. The molecule has 2 aliphatic heterocycles. The Kier molecular flexibility index (Phi) is 4.84. The number of urea groups is 1. The molecule has 2 bridgehead atoms. The van der Waals surface area contributed by atoms with Crippen LogP contribution in [0.2, 0.25) is 0 Å². The van der Waals surface area contributed by atoms with Crippen LogP contribution in [0.15, 0.2) is 60.8 Å². The van der Waals surface area contributed by atoms with E-state index < -0.39 is 0 Å². The molecular formula is C20H23N7O. The van der Waals surface area contributed by atoms with Crippen LogP contribution in [0.25, 0.3) is 11.3 Å². The molecule has 2 amide bonds. The van der Waals surface area contributed by atoms with Crippen molar-refractivity contribution in [3.05, 3.63) is 60.8 Å². The fourth-order valence-corrected chi connectivity index (χ4v) is 3.74. The fraction of sp³-hybridized carbons (Fsp3) is 0.250. The molecule has 28 heavy (non-hydrogen) atoms. The largest absolute Gasteiger partial charge is 0.405 e. The molecule has 0 unspecified atom stereocenters. The molecule has 2 aromatic rings. The number of fused-ring (bicyclic) bond motifs is 4. The van der Waals surface area contributed by atoms with Crippen LogP contribution in [-0.4, -0.2) is 35.1 Å². The second-order valence-corrected chi connectivity index (χ2v) is 6.83. The molecule has 0 saturated carbocycles. The number of amides is 2. The molecule has 5 N–H and O–H groups in total. The Morgan fingerprint density at radius 2 is 2.21 bits per heavy atom. The Balaban J connectivity index is 1.73. The minimum atomic E-state index is -0.289. The topological polar surface area (TPSA) is 113 Å². The molecule has 2 aromatic heterocycles. The number of hydrogen-bond donors (Lipinski definition) is 3. The van der Waals surface area contributed by atoms with Crippen molar-refractivity contribution < 1.29 is 4.79 Å². The average molecular weight is 377 g/mol. The van der Waals surface area contributed by atoms with E-state index in [9.17, 15) is 4.79 Å². The summed E-state index contributed by atoms with van der Waals surface area (Å²) in [5, 5.41) is 2.74. The number of aromatic nitrogens is 2. The van der Waals surface area contributed by atoms with Gasteiger partial charge in [0.2, 0.25) is 0 Å². The van der Waals surface area contributed by atoms with Gasteiger partial charge in [-0.25, -0.2) is 9.78 Å². The Hall–Kier alpha value is -3.55. The monoisotopic (exact) mass is 377 g/mol. The van der Waals surface area contributed by atoms with E-state index in [1.165, 1.54) is 6.20 Å². The van der Waals surface area contributed by atoms with Gasteiger partial charge in [0.25, 0.3) is 0 Å². The van der Waals surface area contributed by atoms with Gasteiger partial charge in [0.05, 0.1) is 17.4 Å². The Morgan fingerprint density at radius 3 is 3.00 bits per heavy atom. The zero-order valence-electron chi connectivity index (χ0n) is 15.5. The highest BCUT2D eigenvalue weighted by atomic mass is 16.2. The van der Waals surface area contributed by atoms with Crippen LogP contribution >= 0.6 is 0 Å². The van der Waals surface area contributed by atoms with Crippen LogP contribution in [0.1, 0.15) is 12.8 Å². The number of piperidine rings is 1. The van der Waals surface area contributed by atoms with Crippen molar-refractivity contribution in [2.45, 2.75) is 18.9 Å². The maximum absolute atomic E-state index is 13.1. The SMILES string of the molecule is N/C=C\C=C(/N)NC(=O)N1c2nc(-c3cccnc3)ccc2N2CCC[C@H]1C2.